The van der Waals surface area contributed by atoms with E-state index in [0.717, 1.165) is 5.56 Å². The molecule has 0 bridgehead atoms. The molecular weight excluding hydrogens is 260 g/mol. The highest BCUT2D eigenvalue weighted by Crippen LogP contribution is 2.30. The fraction of sp³-hybridized carbons (Fsp3) is 0.400. The molecule has 82 valence electrons. The van der Waals surface area contributed by atoms with Crippen molar-refractivity contribution in [2.45, 2.75) is 19.4 Å². The van der Waals surface area contributed by atoms with Crippen LogP contribution in [0, 0.1) is 10.1 Å². The zero-order valence-corrected chi connectivity index (χ0v) is 10.5. The first-order valence-electron chi connectivity index (χ1n) is 4.52. The van der Waals surface area contributed by atoms with Crippen molar-refractivity contribution in [3.8, 4) is 0 Å². The van der Waals surface area contributed by atoms with Gasteiger partial charge in [-0.15, -0.1) is 0 Å². The third-order valence-electron chi connectivity index (χ3n) is 2.49. The molecule has 0 aliphatic heterocycles. The number of hydrogen-bond acceptors (Lipinski definition) is 3. The number of rotatable bonds is 3. The lowest BCUT2D eigenvalue weighted by Crippen LogP contribution is -2.33. The van der Waals surface area contributed by atoms with E-state index in [2.05, 4.69) is 21.2 Å². The molecule has 0 saturated heterocycles. The highest BCUT2D eigenvalue weighted by atomic mass is 79.9. The third kappa shape index (κ3) is 2.54. The van der Waals surface area contributed by atoms with E-state index in [4.69, 9.17) is 0 Å². The molecule has 0 atom stereocenters. The van der Waals surface area contributed by atoms with Crippen LogP contribution in [-0.2, 0) is 5.54 Å². The normalized spacial score (nSPS) is 11.5. The lowest BCUT2D eigenvalue weighted by molar-refractivity contribution is -0.385. The lowest BCUT2D eigenvalue weighted by atomic mass is 9.94. The van der Waals surface area contributed by atoms with Gasteiger partial charge in [-0.05, 0) is 48.5 Å². The van der Waals surface area contributed by atoms with Gasteiger partial charge in [0.15, 0.2) is 0 Å². The van der Waals surface area contributed by atoms with E-state index >= 15 is 0 Å². The molecule has 0 spiro atoms. The van der Waals surface area contributed by atoms with Gasteiger partial charge in [0.25, 0.3) is 5.69 Å². The average molecular weight is 273 g/mol. The van der Waals surface area contributed by atoms with Crippen molar-refractivity contribution < 1.29 is 4.92 Å². The maximum absolute atomic E-state index is 10.7. The summed E-state index contributed by atoms with van der Waals surface area (Å²) < 4.78 is 0.503. The van der Waals surface area contributed by atoms with E-state index in [1.165, 1.54) is 0 Å². The molecule has 0 aromatic heterocycles. The van der Waals surface area contributed by atoms with Crippen LogP contribution in [0.1, 0.15) is 19.4 Å². The summed E-state index contributed by atoms with van der Waals surface area (Å²) in [6.45, 7) is 3.94. The summed E-state index contributed by atoms with van der Waals surface area (Å²) >= 11 is 3.16. The Balaban J connectivity index is 3.25. The van der Waals surface area contributed by atoms with E-state index in [-0.39, 0.29) is 16.1 Å². The van der Waals surface area contributed by atoms with E-state index < -0.39 is 0 Å². The molecule has 0 unspecified atom stereocenters. The molecule has 0 aliphatic carbocycles. The van der Waals surface area contributed by atoms with Crippen molar-refractivity contribution >= 4 is 21.6 Å². The number of nitro benzene ring substituents is 1. The summed E-state index contributed by atoms with van der Waals surface area (Å²) in [6.07, 6.45) is 0. The number of benzene rings is 1. The van der Waals surface area contributed by atoms with Crippen LogP contribution in [0.25, 0.3) is 0 Å². The minimum atomic E-state index is -0.390. The van der Waals surface area contributed by atoms with Gasteiger partial charge >= 0.3 is 0 Å². The Morgan fingerprint density at radius 3 is 2.53 bits per heavy atom. The Bertz CT molecular complexity index is 391. The van der Waals surface area contributed by atoms with Crippen LogP contribution in [0.15, 0.2) is 22.7 Å². The molecule has 0 radical (unpaired) electrons. The summed E-state index contributed by atoms with van der Waals surface area (Å²) in [7, 11) is 1.83. The van der Waals surface area contributed by atoms with Crippen molar-refractivity contribution in [2.75, 3.05) is 7.05 Å². The molecule has 0 aliphatic rings. The summed E-state index contributed by atoms with van der Waals surface area (Å²) in [4.78, 5) is 10.4. The van der Waals surface area contributed by atoms with E-state index in [9.17, 15) is 10.1 Å². The van der Waals surface area contributed by atoms with Crippen molar-refractivity contribution in [1.29, 1.82) is 0 Å². The van der Waals surface area contributed by atoms with Crippen LogP contribution in [0.3, 0.4) is 0 Å². The molecule has 1 aromatic carbocycles. The van der Waals surface area contributed by atoms with Crippen molar-refractivity contribution in [2.24, 2.45) is 0 Å². The second-order valence-electron chi connectivity index (χ2n) is 3.80. The highest BCUT2D eigenvalue weighted by Gasteiger charge is 2.21. The average Bonchev–Trinajstić information content (AvgIpc) is 2.17. The fourth-order valence-electron chi connectivity index (χ4n) is 1.19. The Hall–Kier alpha value is -0.940. The van der Waals surface area contributed by atoms with Gasteiger partial charge in [0.1, 0.15) is 0 Å². The minimum absolute atomic E-state index is 0.0934. The molecular formula is C10H13BrN2O2. The maximum atomic E-state index is 10.7. The molecule has 5 heteroatoms. The van der Waals surface area contributed by atoms with Gasteiger partial charge in [-0.25, -0.2) is 0 Å². The Labute approximate surface area is 97.0 Å². The van der Waals surface area contributed by atoms with Crippen molar-refractivity contribution in [3.63, 3.8) is 0 Å². The maximum Gasteiger partial charge on any atom is 0.283 e. The summed E-state index contributed by atoms with van der Waals surface area (Å²) in [5, 5.41) is 13.8. The topological polar surface area (TPSA) is 55.2 Å². The monoisotopic (exact) mass is 272 g/mol. The minimum Gasteiger partial charge on any atom is -0.311 e. The predicted molar refractivity (Wildman–Crippen MR) is 62.9 cm³/mol. The highest BCUT2D eigenvalue weighted by molar-refractivity contribution is 9.10. The van der Waals surface area contributed by atoms with Gasteiger partial charge in [-0.3, -0.25) is 10.1 Å². The van der Waals surface area contributed by atoms with Crippen LogP contribution in [0.2, 0.25) is 0 Å². The van der Waals surface area contributed by atoms with Crippen LogP contribution in [-0.4, -0.2) is 12.0 Å². The SMILES string of the molecule is CNC(C)(C)c1ccc(Br)c([N+](=O)[O-])c1. The van der Waals surface area contributed by atoms with Crippen LogP contribution < -0.4 is 5.32 Å². The van der Waals surface area contributed by atoms with Crippen molar-refractivity contribution in [3.05, 3.63) is 38.3 Å². The third-order valence-corrected chi connectivity index (χ3v) is 3.16. The van der Waals surface area contributed by atoms with Gasteiger partial charge < -0.3 is 5.32 Å². The van der Waals surface area contributed by atoms with Gasteiger partial charge in [0, 0.05) is 11.6 Å². The first kappa shape index (κ1) is 12.1. The van der Waals surface area contributed by atoms with Gasteiger partial charge in [0.2, 0.25) is 0 Å². The number of nitrogens with zero attached hydrogens (tertiary/aromatic N) is 1. The molecule has 15 heavy (non-hydrogen) atoms. The zero-order valence-electron chi connectivity index (χ0n) is 8.87. The summed E-state index contributed by atoms with van der Waals surface area (Å²) in [5.41, 5.74) is 0.710. The molecule has 0 amide bonds. The van der Waals surface area contributed by atoms with Crippen molar-refractivity contribution in [1.82, 2.24) is 5.32 Å². The number of nitro groups is 1. The van der Waals surface area contributed by atoms with E-state index in [0.29, 0.717) is 4.47 Å². The molecule has 1 aromatic rings. The largest absolute Gasteiger partial charge is 0.311 e. The molecule has 0 saturated carbocycles. The fourth-order valence-corrected chi connectivity index (χ4v) is 1.58. The molecule has 0 fully saturated rings. The second kappa shape index (κ2) is 4.28. The van der Waals surface area contributed by atoms with Crippen LogP contribution in [0.5, 0.6) is 0 Å². The number of halogens is 1. The zero-order chi connectivity index (χ0) is 11.6. The number of hydrogen-bond donors (Lipinski definition) is 1. The predicted octanol–water partition coefficient (Wildman–Crippen LogP) is 2.81. The van der Waals surface area contributed by atoms with Gasteiger partial charge in [-0.2, -0.15) is 0 Å². The smallest absolute Gasteiger partial charge is 0.283 e. The van der Waals surface area contributed by atoms with E-state index in [1.807, 2.05) is 27.0 Å². The Morgan fingerprint density at radius 1 is 1.47 bits per heavy atom. The summed E-state index contributed by atoms with van der Waals surface area (Å²) in [6, 6.07) is 5.15. The molecule has 1 N–H and O–H groups in total. The summed E-state index contributed by atoms with van der Waals surface area (Å²) in [5.74, 6) is 0. The standard InChI is InChI=1S/C10H13BrN2O2/c1-10(2,12-3)7-4-5-8(11)9(6-7)13(14)15/h4-6,12H,1-3H3. The Morgan fingerprint density at radius 2 is 2.07 bits per heavy atom. The molecule has 4 nitrogen and oxygen atoms in total. The first-order valence-corrected chi connectivity index (χ1v) is 5.31. The van der Waals surface area contributed by atoms with Crippen LogP contribution >= 0.6 is 15.9 Å². The van der Waals surface area contributed by atoms with E-state index in [1.54, 1.807) is 12.1 Å². The molecule has 1 rings (SSSR count). The van der Waals surface area contributed by atoms with Gasteiger partial charge in [0.05, 0.1) is 9.40 Å². The quantitative estimate of drug-likeness (QED) is 0.680. The lowest BCUT2D eigenvalue weighted by Gasteiger charge is -2.24. The van der Waals surface area contributed by atoms with Crippen LogP contribution in [0.4, 0.5) is 5.69 Å². The Kier molecular flexibility index (Phi) is 3.46. The number of nitrogens with one attached hydrogen (secondary N) is 1. The first-order chi connectivity index (χ1) is 6.88. The molecule has 0 heterocycles. The second-order valence-corrected chi connectivity index (χ2v) is 4.65. The van der Waals surface area contributed by atoms with Gasteiger partial charge in [-0.1, -0.05) is 6.07 Å².